The summed E-state index contributed by atoms with van der Waals surface area (Å²) >= 11 is 0. The van der Waals surface area contributed by atoms with Crippen LogP contribution in [0.1, 0.15) is 25.0 Å². The minimum atomic E-state index is 0.222. The fourth-order valence-corrected chi connectivity index (χ4v) is 1.83. The van der Waals surface area contributed by atoms with Gasteiger partial charge in [-0.2, -0.15) is 0 Å². The van der Waals surface area contributed by atoms with Crippen LogP contribution in [0.5, 0.6) is 5.75 Å². The van der Waals surface area contributed by atoms with Gasteiger partial charge in [0.25, 0.3) is 0 Å². The van der Waals surface area contributed by atoms with Crippen molar-refractivity contribution in [1.29, 1.82) is 0 Å². The minimum Gasteiger partial charge on any atom is -0.489 e. The van der Waals surface area contributed by atoms with Crippen LogP contribution in [0.4, 0.5) is 0 Å². The van der Waals surface area contributed by atoms with Gasteiger partial charge in [-0.25, -0.2) is 0 Å². The van der Waals surface area contributed by atoms with Crippen LogP contribution in [-0.2, 0) is 11.3 Å². The maximum absolute atomic E-state index is 5.70. The van der Waals surface area contributed by atoms with E-state index in [1.54, 1.807) is 6.20 Å². The third kappa shape index (κ3) is 2.93. The summed E-state index contributed by atoms with van der Waals surface area (Å²) in [6, 6.07) is 3.76. The van der Waals surface area contributed by atoms with Crippen LogP contribution in [0.2, 0.25) is 0 Å². The van der Waals surface area contributed by atoms with Gasteiger partial charge in [-0.05, 0) is 31.4 Å². The Balaban J connectivity index is 1.88. The van der Waals surface area contributed by atoms with Gasteiger partial charge in [-0.3, -0.25) is 4.98 Å². The fourth-order valence-electron chi connectivity index (χ4n) is 1.83. The van der Waals surface area contributed by atoms with Crippen molar-refractivity contribution >= 4 is 0 Å². The molecule has 1 fully saturated rings. The number of aromatic nitrogens is 1. The first-order valence-corrected chi connectivity index (χ1v) is 5.78. The maximum atomic E-state index is 5.70. The molecule has 2 N–H and O–H groups in total. The molecule has 1 aromatic rings. The Kier molecular flexibility index (Phi) is 4.13. The van der Waals surface area contributed by atoms with E-state index in [9.17, 15) is 0 Å². The van der Waals surface area contributed by atoms with E-state index in [0.717, 1.165) is 30.9 Å². The second kappa shape index (κ2) is 5.82. The van der Waals surface area contributed by atoms with Gasteiger partial charge in [0.1, 0.15) is 12.4 Å². The zero-order chi connectivity index (χ0) is 11.2. The zero-order valence-electron chi connectivity index (χ0n) is 9.39. The summed E-state index contributed by atoms with van der Waals surface area (Å²) < 4.78 is 11.3. The Labute approximate surface area is 95.8 Å². The highest BCUT2D eigenvalue weighted by molar-refractivity contribution is 5.26. The summed E-state index contributed by atoms with van der Waals surface area (Å²) in [5.74, 6) is 0.777. The van der Waals surface area contributed by atoms with Crippen molar-refractivity contribution in [2.75, 3.05) is 13.2 Å². The highest BCUT2D eigenvalue weighted by Crippen LogP contribution is 2.18. The number of pyridine rings is 1. The maximum Gasteiger partial charge on any atom is 0.142 e. The van der Waals surface area contributed by atoms with Crippen LogP contribution < -0.4 is 10.5 Å². The van der Waals surface area contributed by atoms with Crippen molar-refractivity contribution in [3.8, 4) is 5.75 Å². The third-order valence-electron chi connectivity index (χ3n) is 2.74. The molecule has 1 aromatic heterocycles. The Bertz CT molecular complexity index is 325. The van der Waals surface area contributed by atoms with Gasteiger partial charge in [-0.15, -0.1) is 0 Å². The Morgan fingerprint density at radius 2 is 2.44 bits per heavy atom. The lowest BCUT2D eigenvalue weighted by molar-refractivity contribution is -0.0113. The van der Waals surface area contributed by atoms with Gasteiger partial charge in [0.2, 0.25) is 0 Å². The highest BCUT2D eigenvalue weighted by atomic mass is 16.5. The van der Waals surface area contributed by atoms with Crippen LogP contribution in [0, 0.1) is 0 Å². The molecule has 0 saturated carbocycles. The van der Waals surface area contributed by atoms with Crippen LogP contribution in [0.3, 0.4) is 0 Å². The van der Waals surface area contributed by atoms with Crippen LogP contribution in [-0.4, -0.2) is 24.3 Å². The standard InChI is InChI=1S/C12H18N2O2/c13-8-11-12(5-3-6-14-11)16-9-10-4-1-2-7-15-10/h3,5-6,10H,1-2,4,7-9,13H2. The molecule has 0 amide bonds. The average molecular weight is 222 g/mol. The van der Waals surface area contributed by atoms with Gasteiger partial charge >= 0.3 is 0 Å². The number of nitrogens with zero attached hydrogens (tertiary/aromatic N) is 1. The highest BCUT2D eigenvalue weighted by Gasteiger charge is 2.15. The molecular formula is C12H18N2O2. The number of ether oxygens (including phenoxy) is 2. The van der Waals surface area contributed by atoms with E-state index in [1.807, 2.05) is 12.1 Å². The number of nitrogens with two attached hydrogens (primary N) is 1. The molecule has 1 unspecified atom stereocenters. The molecule has 16 heavy (non-hydrogen) atoms. The molecule has 2 rings (SSSR count). The first-order valence-electron chi connectivity index (χ1n) is 5.78. The summed E-state index contributed by atoms with van der Waals surface area (Å²) in [5, 5.41) is 0. The van der Waals surface area contributed by atoms with E-state index in [1.165, 1.54) is 6.42 Å². The van der Waals surface area contributed by atoms with E-state index in [0.29, 0.717) is 13.2 Å². The molecule has 0 spiro atoms. The molecule has 2 heterocycles. The van der Waals surface area contributed by atoms with Crippen LogP contribution in [0.15, 0.2) is 18.3 Å². The van der Waals surface area contributed by atoms with Crippen molar-refractivity contribution in [3.05, 3.63) is 24.0 Å². The van der Waals surface area contributed by atoms with Gasteiger partial charge in [-0.1, -0.05) is 0 Å². The first kappa shape index (κ1) is 11.4. The molecule has 1 aliphatic rings. The lowest BCUT2D eigenvalue weighted by Crippen LogP contribution is -2.26. The predicted octanol–water partition coefficient (Wildman–Crippen LogP) is 1.49. The van der Waals surface area contributed by atoms with E-state index in [2.05, 4.69) is 4.98 Å². The molecule has 0 bridgehead atoms. The lowest BCUT2D eigenvalue weighted by atomic mass is 10.1. The number of rotatable bonds is 4. The smallest absolute Gasteiger partial charge is 0.142 e. The Morgan fingerprint density at radius 3 is 3.19 bits per heavy atom. The summed E-state index contributed by atoms with van der Waals surface area (Å²) in [7, 11) is 0. The average Bonchev–Trinajstić information content (AvgIpc) is 2.38. The SMILES string of the molecule is NCc1ncccc1OCC1CCCCO1. The number of hydrogen-bond donors (Lipinski definition) is 1. The van der Waals surface area contributed by atoms with Crippen LogP contribution >= 0.6 is 0 Å². The van der Waals surface area contributed by atoms with Crippen molar-refractivity contribution in [2.24, 2.45) is 5.73 Å². The normalized spacial score (nSPS) is 20.7. The summed E-state index contributed by atoms with van der Waals surface area (Å²) in [6.45, 7) is 1.85. The molecule has 0 aliphatic carbocycles. The molecule has 4 nitrogen and oxygen atoms in total. The van der Waals surface area contributed by atoms with Gasteiger partial charge in [0.05, 0.1) is 11.8 Å². The topological polar surface area (TPSA) is 57.4 Å². The van der Waals surface area contributed by atoms with E-state index in [4.69, 9.17) is 15.2 Å². The van der Waals surface area contributed by atoms with Gasteiger partial charge < -0.3 is 15.2 Å². The van der Waals surface area contributed by atoms with Crippen molar-refractivity contribution in [1.82, 2.24) is 4.98 Å². The predicted molar refractivity (Wildman–Crippen MR) is 61.2 cm³/mol. The third-order valence-corrected chi connectivity index (χ3v) is 2.74. The fraction of sp³-hybridized carbons (Fsp3) is 0.583. The number of hydrogen-bond acceptors (Lipinski definition) is 4. The van der Waals surface area contributed by atoms with E-state index < -0.39 is 0 Å². The molecule has 4 heteroatoms. The van der Waals surface area contributed by atoms with Crippen LogP contribution in [0.25, 0.3) is 0 Å². The largest absolute Gasteiger partial charge is 0.489 e. The van der Waals surface area contributed by atoms with Crippen molar-refractivity contribution in [2.45, 2.75) is 31.9 Å². The molecule has 1 saturated heterocycles. The second-order valence-corrected chi connectivity index (χ2v) is 3.95. The summed E-state index contributed by atoms with van der Waals surface area (Å²) in [5.41, 5.74) is 6.39. The lowest BCUT2D eigenvalue weighted by Gasteiger charge is -2.22. The first-order chi connectivity index (χ1) is 7.90. The zero-order valence-corrected chi connectivity index (χ0v) is 9.39. The molecule has 1 atom stereocenters. The van der Waals surface area contributed by atoms with Gasteiger partial charge in [0.15, 0.2) is 0 Å². The molecule has 0 radical (unpaired) electrons. The van der Waals surface area contributed by atoms with Gasteiger partial charge in [0, 0.05) is 19.3 Å². The summed E-state index contributed by atoms with van der Waals surface area (Å²) in [4.78, 5) is 4.17. The van der Waals surface area contributed by atoms with Crippen molar-refractivity contribution < 1.29 is 9.47 Å². The van der Waals surface area contributed by atoms with E-state index in [-0.39, 0.29) is 6.10 Å². The van der Waals surface area contributed by atoms with Crippen molar-refractivity contribution in [3.63, 3.8) is 0 Å². The molecule has 88 valence electrons. The molecule has 1 aliphatic heterocycles. The Morgan fingerprint density at radius 1 is 1.50 bits per heavy atom. The Hall–Kier alpha value is -1.13. The summed E-state index contributed by atoms with van der Waals surface area (Å²) in [6.07, 6.45) is 5.42. The monoisotopic (exact) mass is 222 g/mol. The van der Waals surface area contributed by atoms with E-state index >= 15 is 0 Å². The minimum absolute atomic E-state index is 0.222. The quantitative estimate of drug-likeness (QED) is 0.838. The molecular weight excluding hydrogens is 204 g/mol. The second-order valence-electron chi connectivity index (χ2n) is 3.95. The molecule has 0 aromatic carbocycles.